The van der Waals surface area contributed by atoms with E-state index >= 15 is 0 Å². The topological polar surface area (TPSA) is 71.5 Å². The molecule has 0 saturated carbocycles. The van der Waals surface area contributed by atoms with E-state index in [1.807, 2.05) is 24.6 Å². The molecule has 0 aliphatic rings. The number of nitrogens with zero attached hydrogens (tertiary/aromatic N) is 3. The third-order valence-corrected chi connectivity index (χ3v) is 4.72. The first-order valence-electron chi connectivity index (χ1n) is 6.69. The Morgan fingerprint density at radius 3 is 2.71 bits per heavy atom. The van der Waals surface area contributed by atoms with Crippen molar-refractivity contribution in [3.05, 3.63) is 37.9 Å². The van der Waals surface area contributed by atoms with E-state index in [4.69, 9.17) is 0 Å². The van der Waals surface area contributed by atoms with E-state index in [0.29, 0.717) is 5.56 Å². The highest BCUT2D eigenvalue weighted by atomic mass is 32.1. The van der Waals surface area contributed by atoms with Crippen molar-refractivity contribution in [2.24, 2.45) is 0 Å². The molecule has 0 aliphatic heterocycles. The summed E-state index contributed by atoms with van der Waals surface area (Å²) >= 11 is 3.00. The van der Waals surface area contributed by atoms with Gasteiger partial charge in [0.1, 0.15) is 16.4 Å². The molecular weight excluding hydrogens is 304 g/mol. The SMILES string of the molecule is CCc1n[nH]c(=O)c(-c2nc(-c3cscn3)cs2)c1CC. The van der Waals surface area contributed by atoms with Gasteiger partial charge in [0.2, 0.25) is 0 Å². The molecule has 0 radical (unpaired) electrons. The molecule has 7 heteroatoms. The summed E-state index contributed by atoms with van der Waals surface area (Å²) < 4.78 is 0. The second kappa shape index (κ2) is 5.87. The fourth-order valence-electron chi connectivity index (χ4n) is 2.27. The standard InChI is InChI=1S/C14H14N4OS2/c1-3-8-9(4-2)17-18-13(19)12(8)14-16-11(6-21-14)10-5-20-7-15-10/h5-7H,3-4H2,1-2H3,(H,18,19). The minimum absolute atomic E-state index is 0.178. The van der Waals surface area contributed by atoms with Crippen LogP contribution in [-0.2, 0) is 12.8 Å². The molecular formula is C14H14N4OS2. The second-order valence-corrected chi connectivity index (χ2v) is 6.05. The average molecular weight is 318 g/mol. The van der Waals surface area contributed by atoms with Crippen LogP contribution in [0.25, 0.3) is 22.0 Å². The van der Waals surface area contributed by atoms with Crippen LogP contribution in [-0.4, -0.2) is 20.2 Å². The maximum Gasteiger partial charge on any atom is 0.274 e. The molecule has 0 saturated heterocycles. The molecule has 5 nitrogen and oxygen atoms in total. The largest absolute Gasteiger partial charge is 0.274 e. The van der Waals surface area contributed by atoms with E-state index < -0.39 is 0 Å². The number of hydrogen-bond donors (Lipinski definition) is 1. The third-order valence-electron chi connectivity index (χ3n) is 3.27. The molecule has 0 aliphatic carbocycles. The van der Waals surface area contributed by atoms with Gasteiger partial charge in [0.05, 0.1) is 16.8 Å². The Morgan fingerprint density at radius 1 is 1.19 bits per heavy atom. The van der Waals surface area contributed by atoms with Gasteiger partial charge < -0.3 is 0 Å². The Bertz CT molecular complexity index is 805. The summed E-state index contributed by atoms with van der Waals surface area (Å²) in [6.45, 7) is 4.07. The highest BCUT2D eigenvalue weighted by Crippen LogP contribution is 2.29. The normalized spacial score (nSPS) is 11.0. The molecule has 3 aromatic heterocycles. The lowest BCUT2D eigenvalue weighted by Gasteiger charge is -2.07. The van der Waals surface area contributed by atoms with Gasteiger partial charge in [-0.1, -0.05) is 13.8 Å². The van der Waals surface area contributed by atoms with Crippen molar-refractivity contribution < 1.29 is 0 Å². The predicted molar refractivity (Wildman–Crippen MR) is 85.8 cm³/mol. The molecule has 3 aromatic rings. The van der Waals surface area contributed by atoms with E-state index in [9.17, 15) is 4.79 Å². The van der Waals surface area contributed by atoms with Crippen LogP contribution in [0.3, 0.4) is 0 Å². The summed E-state index contributed by atoms with van der Waals surface area (Å²) in [5.41, 5.74) is 5.83. The summed E-state index contributed by atoms with van der Waals surface area (Å²) in [6, 6.07) is 0. The van der Waals surface area contributed by atoms with Crippen LogP contribution < -0.4 is 5.56 Å². The molecule has 21 heavy (non-hydrogen) atoms. The van der Waals surface area contributed by atoms with Crippen molar-refractivity contribution in [1.29, 1.82) is 0 Å². The Balaban J connectivity index is 2.15. The van der Waals surface area contributed by atoms with E-state index in [-0.39, 0.29) is 5.56 Å². The second-order valence-electron chi connectivity index (χ2n) is 4.47. The van der Waals surface area contributed by atoms with Crippen molar-refractivity contribution in [2.75, 3.05) is 0 Å². The van der Waals surface area contributed by atoms with E-state index in [2.05, 4.69) is 20.2 Å². The maximum atomic E-state index is 12.2. The molecule has 0 amide bonds. The first kappa shape index (κ1) is 14.1. The Hall–Kier alpha value is -1.86. The summed E-state index contributed by atoms with van der Waals surface area (Å²) in [6.07, 6.45) is 1.55. The van der Waals surface area contributed by atoms with Crippen molar-refractivity contribution in [3.63, 3.8) is 0 Å². The van der Waals surface area contributed by atoms with Crippen molar-refractivity contribution in [2.45, 2.75) is 26.7 Å². The quantitative estimate of drug-likeness (QED) is 0.802. The van der Waals surface area contributed by atoms with Gasteiger partial charge in [0, 0.05) is 10.8 Å². The van der Waals surface area contributed by atoms with E-state index in [1.54, 1.807) is 5.51 Å². The Morgan fingerprint density at radius 2 is 2.05 bits per heavy atom. The molecule has 0 aromatic carbocycles. The molecule has 3 rings (SSSR count). The van der Waals surface area contributed by atoms with Crippen LogP contribution >= 0.6 is 22.7 Å². The van der Waals surface area contributed by atoms with Crippen molar-refractivity contribution >= 4 is 22.7 Å². The summed E-state index contributed by atoms with van der Waals surface area (Å²) in [5.74, 6) is 0. The van der Waals surface area contributed by atoms with Gasteiger partial charge in [0.25, 0.3) is 5.56 Å². The number of aromatic amines is 1. The van der Waals surface area contributed by atoms with Gasteiger partial charge in [0.15, 0.2) is 0 Å². The van der Waals surface area contributed by atoms with Gasteiger partial charge in [-0.3, -0.25) is 4.79 Å². The molecule has 108 valence electrons. The van der Waals surface area contributed by atoms with Crippen LogP contribution in [0.2, 0.25) is 0 Å². The third kappa shape index (κ3) is 2.54. The van der Waals surface area contributed by atoms with Crippen LogP contribution in [0.4, 0.5) is 0 Å². The number of hydrogen-bond acceptors (Lipinski definition) is 6. The Labute approximate surface area is 129 Å². The number of aryl methyl sites for hydroxylation is 1. The average Bonchev–Trinajstić information content (AvgIpc) is 3.17. The number of rotatable bonds is 4. The monoisotopic (exact) mass is 318 g/mol. The zero-order valence-corrected chi connectivity index (χ0v) is 13.3. The molecule has 1 N–H and O–H groups in total. The highest BCUT2D eigenvalue weighted by molar-refractivity contribution is 7.13. The molecule has 0 unspecified atom stereocenters. The number of H-pyrrole nitrogens is 1. The van der Waals surface area contributed by atoms with E-state index in [0.717, 1.165) is 40.5 Å². The lowest BCUT2D eigenvalue weighted by molar-refractivity contribution is 0.861. The highest BCUT2D eigenvalue weighted by Gasteiger charge is 2.17. The lowest BCUT2D eigenvalue weighted by Crippen LogP contribution is -2.16. The minimum Gasteiger partial charge on any atom is -0.267 e. The van der Waals surface area contributed by atoms with Crippen LogP contribution in [0, 0.1) is 0 Å². The van der Waals surface area contributed by atoms with Gasteiger partial charge in [-0.25, -0.2) is 15.1 Å². The van der Waals surface area contributed by atoms with Crippen molar-refractivity contribution in [3.8, 4) is 22.0 Å². The number of nitrogens with one attached hydrogen (secondary N) is 1. The van der Waals surface area contributed by atoms with Crippen LogP contribution in [0.5, 0.6) is 0 Å². The number of aromatic nitrogens is 4. The van der Waals surface area contributed by atoms with Crippen LogP contribution in [0.15, 0.2) is 21.1 Å². The fourth-order valence-corrected chi connectivity index (χ4v) is 3.69. The number of thiazole rings is 2. The molecule has 0 atom stereocenters. The van der Waals surface area contributed by atoms with Gasteiger partial charge in [-0.05, 0) is 18.4 Å². The summed E-state index contributed by atoms with van der Waals surface area (Å²) in [7, 11) is 0. The van der Waals surface area contributed by atoms with Crippen LogP contribution in [0.1, 0.15) is 25.1 Å². The minimum atomic E-state index is -0.178. The summed E-state index contributed by atoms with van der Waals surface area (Å²) in [4.78, 5) is 21.0. The summed E-state index contributed by atoms with van der Waals surface area (Å²) in [5, 5.41) is 11.3. The van der Waals surface area contributed by atoms with Gasteiger partial charge in [-0.15, -0.1) is 22.7 Å². The predicted octanol–water partition coefficient (Wildman–Crippen LogP) is 3.14. The van der Waals surface area contributed by atoms with Gasteiger partial charge >= 0.3 is 0 Å². The first-order valence-corrected chi connectivity index (χ1v) is 8.51. The fraction of sp³-hybridized carbons (Fsp3) is 0.286. The molecule has 0 fully saturated rings. The molecule has 0 spiro atoms. The molecule has 3 heterocycles. The zero-order chi connectivity index (χ0) is 14.8. The van der Waals surface area contributed by atoms with E-state index in [1.165, 1.54) is 22.7 Å². The maximum absolute atomic E-state index is 12.2. The smallest absolute Gasteiger partial charge is 0.267 e. The molecule has 0 bridgehead atoms. The Kier molecular flexibility index (Phi) is 3.94. The van der Waals surface area contributed by atoms with Gasteiger partial charge in [-0.2, -0.15) is 5.10 Å². The zero-order valence-electron chi connectivity index (χ0n) is 11.7. The first-order chi connectivity index (χ1) is 10.2. The lowest BCUT2D eigenvalue weighted by atomic mass is 10.0. The van der Waals surface area contributed by atoms with Crippen molar-refractivity contribution in [1.82, 2.24) is 20.2 Å².